The molecule has 2 aromatic carbocycles. The van der Waals surface area contributed by atoms with E-state index in [-0.39, 0.29) is 16.4 Å². The average Bonchev–Trinajstić information content (AvgIpc) is 2.59. The van der Waals surface area contributed by atoms with Gasteiger partial charge in [-0.15, -0.1) is 0 Å². The molecule has 0 unspecified atom stereocenters. The van der Waals surface area contributed by atoms with E-state index in [1.54, 1.807) is 12.1 Å². The smallest absolute Gasteiger partial charge is 0.261 e. The Morgan fingerprint density at radius 2 is 2.00 bits per heavy atom. The highest BCUT2D eigenvalue weighted by Crippen LogP contribution is 2.24. The highest BCUT2D eigenvalue weighted by atomic mass is 32.1. The number of para-hydroxylation sites is 1. The number of anilines is 1. The number of hydrazone groups is 1. The molecule has 0 spiro atoms. The summed E-state index contributed by atoms with van der Waals surface area (Å²) in [5, 5.41) is 18.1. The molecule has 0 fully saturated rings. The van der Waals surface area contributed by atoms with Gasteiger partial charge in [-0.25, -0.2) is 0 Å². The van der Waals surface area contributed by atoms with Gasteiger partial charge in [-0.1, -0.05) is 29.8 Å². The number of benzene rings is 2. The van der Waals surface area contributed by atoms with Crippen LogP contribution in [0.1, 0.15) is 11.1 Å². The summed E-state index contributed by atoms with van der Waals surface area (Å²) in [5.41, 5.74) is 4.61. The van der Waals surface area contributed by atoms with E-state index in [0.717, 1.165) is 11.3 Å². The van der Waals surface area contributed by atoms with Gasteiger partial charge in [0.25, 0.3) is 5.56 Å². The zero-order chi connectivity index (χ0) is 17.8. The van der Waals surface area contributed by atoms with Crippen LogP contribution in [-0.4, -0.2) is 21.4 Å². The van der Waals surface area contributed by atoms with Crippen LogP contribution in [0.25, 0.3) is 10.9 Å². The quantitative estimate of drug-likeness (QED) is 0.331. The lowest BCUT2D eigenvalue weighted by Crippen LogP contribution is -2.24. The SMILES string of the molecule is Cc1ccc2[nH]c(=O)c(/C=N/NC(=S)Nc3ccccc3)c(O)c2c1. The van der Waals surface area contributed by atoms with Crippen molar-refractivity contribution < 1.29 is 5.11 Å². The van der Waals surface area contributed by atoms with Gasteiger partial charge in [-0.3, -0.25) is 10.2 Å². The third kappa shape index (κ3) is 3.84. The summed E-state index contributed by atoms with van der Waals surface area (Å²) in [5.74, 6) is -0.116. The number of nitrogens with zero attached hydrogens (tertiary/aromatic N) is 1. The lowest BCUT2D eigenvalue weighted by atomic mass is 10.1. The number of nitrogens with one attached hydrogen (secondary N) is 3. The normalized spacial score (nSPS) is 10.9. The van der Waals surface area contributed by atoms with Crippen molar-refractivity contribution in [3.8, 4) is 5.75 Å². The van der Waals surface area contributed by atoms with Gasteiger partial charge in [0.2, 0.25) is 0 Å². The number of aromatic hydroxyl groups is 1. The Kier molecular flexibility index (Phi) is 4.76. The van der Waals surface area contributed by atoms with Gasteiger partial charge in [-0.2, -0.15) is 5.10 Å². The number of rotatable bonds is 3. The van der Waals surface area contributed by atoms with E-state index in [4.69, 9.17) is 12.2 Å². The van der Waals surface area contributed by atoms with Crippen molar-refractivity contribution in [2.24, 2.45) is 5.10 Å². The Morgan fingerprint density at radius 1 is 1.24 bits per heavy atom. The first kappa shape index (κ1) is 16.7. The predicted molar refractivity (Wildman–Crippen MR) is 104 cm³/mol. The maximum Gasteiger partial charge on any atom is 0.261 e. The van der Waals surface area contributed by atoms with Gasteiger partial charge in [0.1, 0.15) is 11.3 Å². The van der Waals surface area contributed by atoms with Crippen LogP contribution in [0.5, 0.6) is 5.75 Å². The van der Waals surface area contributed by atoms with Crippen LogP contribution in [0.15, 0.2) is 58.4 Å². The van der Waals surface area contributed by atoms with E-state index in [1.807, 2.05) is 43.3 Å². The van der Waals surface area contributed by atoms with Gasteiger partial charge in [0.15, 0.2) is 5.11 Å². The Hall–Kier alpha value is -3.19. The van der Waals surface area contributed by atoms with Crippen LogP contribution in [0, 0.1) is 6.92 Å². The topological polar surface area (TPSA) is 89.5 Å². The molecule has 1 heterocycles. The van der Waals surface area contributed by atoms with E-state index in [2.05, 4.69) is 20.8 Å². The number of hydrogen-bond donors (Lipinski definition) is 4. The van der Waals surface area contributed by atoms with Gasteiger partial charge in [0.05, 0.1) is 11.7 Å². The van der Waals surface area contributed by atoms with Crippen LogP contribution in [0.3, 0.4) is 0 Å². The first-order valence-corrected chi connectivity index (χ1v) is 7.96. The summed E-state index contributed by atoms with van der Waals surface area (Å²) in [6.07, 6.45) is 1.24. The Morgan fingerprint density at radius 3 is 2.76 bits per heavy atom. The molecule has 7 heteroatoms. The fraction of sp³-hybridized carbons (Fsp3) is 0.0556. The van der Waals surface area contributed by atoms with Crippen molar-refractivity contribution in [2.45, 2.75) is 6.92 Å². The molecule has 0 amide bonds. The highest BCUT2D eigenvalue weighted by Gasteiger charge is 2.10. The number of fused-ring (bicyclic) bond motifs is 1. The first-order chi connectivity index (χ1) is 12.0. The molecule has 0 radical (unpaired) electrons. The molecule has 25 heavy (non-hydrogen) atoms. The molecular weight excluding hydrogens is 336 g/mol. The maximum absolute atomic E-state index is 12.1. The molecule has 0 aliphatic heterocycles. The second-order valence-corrected chi connectivity index (χ2v) is 5.86. The largest absolute Gasteiger partial charge is 0.506 e. The summed E-state index contributed by atoms with van der Waals surface area (Å²) in [4.78, 5) is 14.8. The van der Waals surface area contributed by atoms with Crippen LogP contribution in [0.2, 0.25) is 0 Å². The second kappa shape index (κ2) is 7.14. The molecule has 0 aliphatic rings. The Bertz CT molecular complexity index is 1010. The minimum absolute atomic E-state index is 0.0631. The molecule has 0 bridgehead atoms. The van der Waals surface area contributed by atoms with Crippen molar-refractivity contribution in [1.82, 2.24) is 10.4 Å². The summed E-state index contributed by atoms with van der Waals surface area (Å²) in [6.45, 7) is 1.91. The van der Waals surface area contributed by atoms with Gasteiger partial charge < -0.3 is 15.4 Å². The Labute approximate surface area is 149 Å². The molecule has 1 aromatic heterocycles. The lowest BCUT2D eigenvalue weighted by Gasteiger charge is -2.07. The monoisotopic (exact) mass is 352 g/mol. The third-order valence-corrected chi connectivity index (χ3v) is 3.76. The zero-order valence-electron chi connectivity index (χ0n) is 13.4. The van der Waals surface area contributed by atoms with Crippen LogP contribution in [0.4, 0.5) is 5.69 Å². The minimum atomic E-state index is -0.429. The number of pyridine rings is 1. The van der Waals surface area contributed by atoms with Gasteiger partial charge in [-0.05, 0) is 43.4 Å². The van der Waals surface area contributed by atoms with E-state index in [1.165, 1.54) is 6.21 Å². The van der Waals surface area contributed by atoms with Crippen molar-refractivity contribution in [3.63, 3.8) is 0 Å². The third-order valence-electron chi connectivity index (χ3n) is 3.57. The summed E-state index contributed by atoms with van der Waals surface area (Å²) >= 11 is 5.13. The molecular formula is C18H16N4O2S. The number of hydrogen-bond acceptors (Lipinski definition) is 4. The number of aromatic amines is 1. The van der Waals surface area contributed by atoms with Crippen molar-refractivity contribution in [3.05, 3.63) is 70.0 Å². The summed E-state index contributed by atoms with van der Waals surface area (Å²) in [6, 6.07) is 14.8. The summed E-state index contributed by atoms with van der Waals surface area (Å²) < 4.78 is 0. The van der Waals surface area contributed by atoms with E-state index >= 15 is 0 Å². The molecule has 6 nitrogen and oxygen atoms in total. The maximum atomic E-state index is 12.1. The molecule has 0 saturated heterocycles. The Balaban J connectivity index is 1.79. The summed E-state index contributed by atoms with van der Waals surface area (Å²) in [7, 11) is 0. The van der Waals surface area contributed by atoms with Gasteiger partial charge >= 0.3 is 0 Å². The van der Waals surface area contributed by atoms with Crippen molar-refractivity contribution in [1.29, 1.82) is 0 Å². The number of thiocarbonyl (C=S) groups is 1. The minimum Gasteiger partial charge on any atom is -0.506 e. The number of H-pyrrole nitrogens is 1. The molecule has 0 aliphatic carbocycles. The number of aromatic nitrogens is 1. The van der Waals surface area contributed by atoms with Crippen molar-refractivity contribution >= 4 is 40.1 Å². The fourth-order valence-electron chi connectivity index (χ4n) is 2.36. The van der Waals surface area contributed by atoms with Gasteiger partial charge in [0, 0.05) is 11.1 Å². The van der Waals surface area contributed by atoms with Crippen LogP contribution in [-0.2, 0) is 0 Å². The van der Waals surface area contributed by atoms with Crippen molar-refractivity contribution in [2.75, 3.05) is 5.32 Å². The molecule has 126 valence electrons. The fourth-order valence-corrected chi connectivity index (χ4v) is 2.53. The lowest BCUT2D eigenvalue weighted by molar-refractivity contribution is 0.479. The first-order valence-electron chi connectivity index (χ1n) is 7.55. The average molecular weight is 352 g/mol. The van der Waals surface area contributed by atoms with E-state index < -0.39 is 5.56 Å². The van der Waals surface area contributed by atoms with Crippen LogP contribution >= 0.6 is 12.2 Å². The van der Waals surface area contributed by atoms with E-state index in [0.29, 0.717) is 10.9 Å². The van der Waals surface area contributed by atoms with E-state index in [9.17, 15) is 9.90 Å². The molecule has 4 N–H and O–H groups in total. The molecule has 3 aromatic rings. The zero-order valence-corrected chi connectivity index (χ0v) is 14.2. The molecule has 3 rings (SSSR count). The van der Waals surface area contributed by atoms with Crippen LogP contribution < -0.4 is 16.3 Å². The molecule has 0 saturated carbocycles. The number of aryl methyl sites for hydroxylation is 1. The highest BCUT2D eigenvalue weighted by molar-refractivity contribution is 7.80. The molecule has 0 atom stereocenters. The second-order valence-electron chi connectivity index (χ2n) is 5.46. The predicted octanol–water partition coefficient (Wildman–Crippen LogP) is 2.86. The standard InChI is InChI=1S/C18H16N4O2S/c1-11-7-8-15-13(9-11)16(23)14(17(24)21-15)10-19-22-18(25)20-12-5-3-2-4-6-12/h2-10H,1H3,(H2,20,22,25)(H2,21,23,24)/b19-10+.